The number of hydrogen-bond acceptors (Lipinski definition) is 4. The van der Waals surface area contributed by atoms with Crippen molar-refractivity contribution in [3.63, 3.8) is 0 Å². The van der Waals surface area contributed by atoms with Crippen molar-refractivity contribution < 1.29 is 14.3 Å². The van der Waals surface area contributed by atoms with Crippen molar-refractivity contribution in [2.45, 2.75) is 20.8 Å². The van der Waals surface area contributed by atoms with Crippen molar-refractivity contribution >= 4 is 28.8 Å². The number of amides is 2. The van der Waals surface area contributed by atoms with Crippen LogP contribution in [0.25, 0.3) is 5.57 Å². The summed E-state index contributed by atoms with van der Waals surface area (Å²) in [6, 6.07) is 22.6. The number of benzene rings is 3. The monoisotopic (exact) mass is 426 g/mol. The Morgan fingerprint density at radius 3 is 2.06 bits per heavy atom. The maximum atomic E-state index is 13.7. The molecule has 5 heteroatoms. The number of para-hydroxylation sites is 1. The first-order valence-electron chi connectivity index (χ1n) is 10.6. The fourth-order valence-corrected chi connectivity index (χ4v) is 4.07. The molecule has 5 nitrogen and oxygen atoms in total. The van der Waals surface area contributed by atoms with Gasteiger partial charge in [-0.25, -0.2) is 4.90 Å². The number of imide groups is 1. The Hall–Kier alpha value is -3.86. The fourth-order valence-electron chi connectivity index (χ4n) is 4.07. The lowest BCUT2D eigenvalue weighted by molar-refractivity contribution is -0.120. The van der Waals surface area contributed by atoms with E-state index in [2.05, 4.69) is 0 Å². The van der Waals surface area contributed by atoms with Crippen molar-refractivity contribution in [3.05, 3.63) is 95.2 Å². The third-order valence-corrected chi connectivity index (χ3v) is 5.46. The molecule has 1 aliphatic heterocycles. The number of aryl methyl sites for hydroxylation is 2. The van der Waals surface area contributed by atoms with Crippen LogP contribution in [-0.2, 0) is 9.59 Å². The minimum Gasteiger partial charge on any atom is -0.494 e. The van der Waals surface area contributed by atoms with Crippen LogP contribution < -0.4 is 14.5 Å². The summed E-state index contributed by atoms with van der Waals surface area (Å²) in [4.78, 5) is 30.4. The highest BCUT2D eigenvalue weighted by molar-refractivity contribution is 6.46. The highest BCUT2D eigenvalue weighted by Crippen LogP contribution is 2.37. The predicted octanol–water partition coefficient (Wildman–Crippen LogP) is 5.12. The Morgan fingerprint density at radius 1 is 0.844 bits per heavy atom. The molecule has 0 saturated heterocycles. The third kappa shape index (κ3) is 3.89. The van der Waals surface area contributed by atoms with Gasteiger partial charge in [-0.05, 0) is 73.9 Å². The molecule has 1 aliphatic rings. The van der Waals surface area contributed by atoms with Crippen LogP contribution in [0, 0.1) is 13.8 Å². The Labute approximate surface area is 188 Å². The molecule has 2 amide bonds. The van der Waals surface area contributed by atoms with Gasteiger partial charge in [0.25, 0.3) is 11.8 Å². The number of ether oxygens (including phenoxy) is 1. The minimum absolute atomic E-state index is 0.332. The molecular weight excluding hydrogens is 400 g/mol. The molecule has 0 atom stereocenters. The number of likely N-dealkylation sites (N-methyl/N-ethyl adjacent to an activating group) is 1. The number of carbonyl (C=O) groups excluding carboxylic acids is 2. The maximum absolute atomic E-state index is 13.7. The van der Waals surface area contributed by atoms with E-state index in [1.165, 1.54) is 4.90 Å². The maximum Gasteiger partial charge on any atom is 0.282 e. The van der Waals surface area contributed by atoms with Crippen LogP contribution >= 0.6 is 0 Å². The van der Waals surface area contributed by atoms with E-state index in [1.54, 1.807) is 4.90 Å². The molecule has 0 aromatic heterocycles. The normalized spacial score (nSPS) is 13.7. The van der Waals surface area contributed by atoms with E-state index in [0.29, 0.717) is 29.1 Å². The van der Waals surface area contributed by atoms with E-state index in [-0.39, 0.29) is 11.8 Å². The molecule has 1 heterocycles. The number of anilines is 2. The molecule has 32 heavy (non-hydrogen) atoms. The molecule has 0 unspecified atom stereocenters. The van der Waals surface area contributed by atoms with E-state index in [0.717, 1.165) is 22.6 Å². The molecule has 3 aromatic carbocycles. The molecule has 0 radical (unpaired) electrons. The average Bonchev–Trinajstić information content (AvgIpc) is 3.04. The molecule has 0 saturated carbocycles. The summed E-state index contributed by atoms with van der Waals surface area (Å²) in [5.41, 5.74) is 4.80. The summed E-state index contributed by atoms with van der Waals surface area (Å²) >= 11 is 0. The van der Waals surface area contributed by atoms with E-state index in [1.807, 2.05) is 101 Å². The largest absolute Gasteiger partial charge is 0.494 e. The zero-order valence-corrected chi connectivity index (χ0v) is 18.8. The number of rotatable bonds is 6. The molecular formula is C27H26N2O3. The molecule has 0 N–H and O–H groups in total. The molecule has 0 bridgehead atoms. The van der Waals surface area contributed by atoms with Gasteiger partial charge in [-0.2, -0.15) is 0 Å². The van der Waals surface area contributed by atoms with Gasteiger partial charge in [0.1, 0.15) is 11.4 Å². The van der Waals surface area contributed by atoms with Gasteiger partial charge in [0.15, 0.2) is 0 Å². The standard InChI is InChI=1S/C27H26N2O3/c1-5-32-23-13-11-20(12-14-23)24-25(28(4)21-9-7-6-8-10-21)27(31)29(26(24)30)22-16-18(2)15-19(3)17-22/h6-17H,5H2,1-4H3. The quantitative estimate of drug-likeness (QED) is 0.513. The van der Waals surface area contributed by atoms with Crippen molar-refractivity contribution in [2.24, 2.45) is 0 Å². The van der Waals surface area contributed by atoms with Crippen LogP contribution in [0.4, 0.5) is 11.4 Å². The molecule has 4 rings (SSSR count). The molecule has 0 fully saturated rings. The number of nitrogens with zero attached hydrogens (tertiary/aromatic N) is 2. The van der Waals surface area contributed by atoms with Crippen LogP contribution in [0.15, 0.2) is 78.5 Å². The van der Waals surface area contributed by atoms with Gasteiger partial charge in [0.2, 0.25) is 0 Å². The van der Waals surface area contributed by atoms with Gasteiger partial charge >= 0.3 is 0 Å². The SMILES string of the molecule is CCOc1ccc(C2=C(N(C)c3ccccc3)C(=O)N(c3cc(C)cc(C)c3)C2=O)cc1. The second-order valence-electron chi connectivity index (χ2n) is 7.87. The van der Waals surface area contributed by atoms with Gasteiger partial charge in [-0.1, -0.05) is 36.4 Å². The van der Waals surface area contributed by atoms with Gasteiger partial charge in [-0.3, -0.25) is 9.59 Å². The Morgan fingerprint density at radius 2 is 1.47 bits per heavy atom. The summed E-state index contributed by atoms with van der Waals surface area (Å²) in [5, 5.41) is 0. The van der Waals surface area contributed by atoms with E-state index in [9.17, 15) is 9.59 Å². The molecule has 0 aliphatic carbocycles. The third-order valence-electron chi connectivity index (χ3n) is 5.46. The predicted molar refractivity (Wildman–Crippen MR) is 128 cm³/mol. The van der Waals surface area contributed by atoms with Gasteiger partial charge in [0.05, 0.1) is 17.9 Å². The van der Waals surface area contributed by atoms with Crippen LogP contribution in [0.3, 0.4) is 0 Å². The van der Waals surface area contributed by atoms with Gasteiger partial charge in [-0.15, -0.1) is 0 Å². The van der Waals surface area contributed by atoms with Crippen molar-refractivity contribution in [3.8, 4) is 5.75 Å². The second kappa shape index (κ2) is 8.71. The minimum atomic E-state index is -0.338. The Kier molecular flexibility index (Phi) is 5.82. The summed E-state index contributed by atoms with van der Waals surface area (Å²) in [5.74, 6) is 0.0509. The summed E-state index contributed by atoms with van der Waals surface area (Å²) in [6.45, 7) is 6.39. The zero-order valence-electron chi connectivity index (χ0n) is 18.8. The molecule has 0 spiro atoms. The first-order valence-corrected chi connectivity index (χ1v) is 10.6. The van der Waals surface area contributed by atoms with E-state index >= 15 is 0 Å². The van der Waals surface area contributed by atoms with Crippen LogP contribution in [-0.4, -0.2) is 25.5 Å². The highest BCUT2D eigenvalue weighted by Gasteiger charge is 2.42. The Balaban J connectivity index is 1.86. The first kappa shape index (κ1) is 21.4. The highest BCUT2D eigenvalue weighted by atomic mass is 16.5. The Bertz CT molecular complexity index is 1180. The number of hydrogen-bond donors (Lipinski definition) is 0. The zero-order chi connectivity index (χ0) is 22.8. The van der Waals surface area contributed by atoms with Gasteiger partial charge < -0.3 is 9.64 Å². The van der Waals surface area contributed by atoms with Crippen LogP contribution in [0.1, 0.15) is 23.6 Å². The summed E-state index contributed by atoms with van der Waals surface area (Å²) < 4.78 is 5.54. The topological polar surface area (TPSA) is 49.9 Å². The van der Waals surface area contributed by atoms with Crippen molar-refractivity contribution in [1.29, 1.82) is 0 Å². The number of carbonyl (C=O) groups is 2. The summed E-state index contributed by atoms with van der Waals surface area (Å²) in [7, 11) is 1.81. The van der Waals surface area contributed by atoms with Crippen LogP contribution in [0.5, 0.6) is 5.75 Å². The van der Waals surface area contributed by atoms with Crippen LogP contribution in [0.2, 0.25) is 0 Å². The van der Waals surface area contributed by atoms with Gasteiger partial charge in [0, 0.05) is 12.7 Å². The molecule has 162 valence electrons. The first-order chi connectivity index (χ1) is 15.4. The smallest absolute Gasteiger partial charge is 0.282 e. The fraction of sp³-hybridized carbons (Fsp3) is 0.185. The van der Waals surface area contributed by atoms with Crippen molar-refractivity contribution in [2.75, 3.05) is 23.5 Å². The summed E-state index contributed by atoms with van der Waals surface area (Å²) in [6.07, 6.45) is 0. The lowest BCUT2D eigenvalue weighted by Gasteiger charge is -2.22. The lowest BCUT2D eigenvalue weighted by Crippen LogP contribution is -2.34. The van der Waals surface area contributed by atoms with E-state index in [4.69, 9.17) is 4.74 Å². The molecule has 3 aromatic rings. The lowest BCUT2D eigenvalue weighted by atomic mass is 10.0. The second-order valence-corrected chi connectivity index (χ2v) is 7.87. The average molecular weight is 427 g/mol. The van der Waals surface area contributed by atoms with Crippen molar-refractivity contribution in [1.82, 2.24) is 0 Å². The van der Waals surface area contributed by atoms with E-state index < -0.39 is 0 Å².